The van der Waals surface area contributed by atoms with Crippen LogP contribution in [0.2, 0.25) is 5.02 Å². The Balaban J connectivity index is 1.52. The number of hydrogen-bond acceptors (Lipinski definition) is 7. The summed E-state index contributed by atoms with van der Waals surface area (Å²) in [5, 5.41) is 9.49. The minimum atomic E-state index is -0.858. The Bertz CT molecular complexity index is 1510. The maximum absolute atomic E-state index is 13.9. The molecule has 0 unspecified atom stereocenters. The van der Waals surface area contributed by atoms with Crippen molar-refractivity contribution in [3.63, 3.8) is 0 Å². The zero-order valence-corrected chi connectivity index (χ0v) is 21.8. The summed E-state index contributed by atoms with van der Waals surface area (Å²) in [5.41, 5.74) is 1.41. The predicted octanol–water partition coefficient (Wildman–Crippen LogP) is 4.87. The van der Waals surface area contributed by atoms with Crippen LogP contribution in [0.1, 0.15) is 49.6 Å². The first kappa shape index (κ1) is 27.3. The number of aryl methyl sites for hydroxylation is 1. The van der Waals surface area contributed by atoms with E-state index in [1.807, 2.05) is 13.0 Å². The first-order chi connectivity index (χ1) is 18.2. The average molecular weight is 542 g/mol. The summed E-state index contributed by atoms with van der Waals surface area (Å²) in [6.07, 6.45) is 9.24. The first-order valence-corrected chi connectivity index (χ1v) is 12.2. The van der Waals surface area contributed by atoms with Gasteiger partial charge in [0, 0.05) is 36.4 Å². The molecule has 1 aliphatic rings. The van der Waals surface area contributed by atoms with Crippen LogP contribution in [0.5, 0.6) is 5.75 Å². The fraction of sp³-hybridized carbons (Fsp3) is 0.296. The van der Waals surface area contributed by atoms with Gasteiger partial charge in [0.15, 0.2) is 5.82 Å². The van der Waals surface area contributed by atoms with E-state index in [4.69, 9.17) is 16.3 Å². The van der Waals surface area contributed by atoms with Crippen molar-refractivity contribution in [2.45, 2.75) is 45.6 Å². The van der Waals surface area contributed by atoms with Gasteiger partial charge in [0.2, 0.25) is 0 Å². The zero-order chi connectivity index (χ0) is 27.4. The normalized spacial score (nSPS) is 15.2. The minimum Gasteiger partial charge on any atom is -0.485 e. The summed E-state index contributed by atoms with van der Waals surface area (Å²) < 4.78 is 33.8. The molecule has 0 atom stereocenters. The van der Waals surface area contributed by atoms with Gasteiger partial charge in [0.05, 0.1) is 29.6 Å². The number of nitrogens with zero attached hydrogens (tertiary/aromatic N) is 5. The van der Waals surface area contributed by atoms with Crippen LogP contribution in [-0.2, 0) is 12.0 Å². The molecule has 0 spiro atoms. The molecule has 198 valence electrons. The Morgan fingerprint density at radius 2 is 2.08 bits per heavy atom. The van der Waals surface area contributed by atoms with Gasteiger partial charge in [-0.1, -0.05) is 17.7 Å². The molecule has 0 aromatic carbocycles. The van der Waals surface area contributed by atoms with E-state index in [9.17, 15) is 18.7 Å². The maximum atomic E-state index is 13.9. The maximum Gasteiger partial charge on any atom is 0.277 e. The molecule has 0 saturated heterocycles. The lowest BCUT2D eigenvalue weighted by Crippen LogP contribution is -2.20. The van der Waals surface area contributed by atoms with Gasteiger partial charge in [-0.15, -0.1) is 0 Å². The van der Waals surface area contributed by atoms with Crippen LogP contribution in [0, 0.1) is 18.6 Å². The molecule has 8 nitrogen and oxygen atoms in total. The third-order valence-electron chi connectivity index (χ3n) is 6.15. The van der Waals surface area contributed by atoms with Gasteiger partial charge in [-0.2, -0.15) is 0 Å². The van der Waals surface area contributed by atoms with Gasteiger partial charge in [0.1, 0.15) is 34.7 Å². The molecule has 0 amide bonds. The molecule has 38 heavy (non-hydrogen) atoms. The van der Waals surface area contributed by atoms with E-state index in [-0.39, 0.29) is 35.1 Å². The number of rotatable bonds is 9. The van der Waals surface area contributed by atoms with Crippen molar-refractivity contribution in [2.75, 3.05) is 6.61 Å². The second-order valence-corrected chi connectivity index (χ2v) is 9.40. The molecule has 3 aromatic heterocycles. The summed E-state index contributed by atoms with van der Waals surface area (Å²) in [4.78, 5) is 30.0. The Kier molecular flexibility index (Phi) is 8.13. The smallest absolute Gasteiger partial charge is 0.277 e. The number of halogens is 3. The van der Waals surface area contributed by atoms with Gasteiger partial charge in [-0.05, 0) is 45.3 Å². The third-order valence-corrected chi connectivity index (χ3v) is 6.50. The molecule has 1 N–H and O–H groups in total. The number of pyridine rings is 2. The summed E-state index contributed by atoms with van der Waals surface area (Å²) in [6.45, 7) is 4.99. The highest BCUT2D eigenvalue weighted by molar-refractivity contribution is 6.31. The van der Waals surface area contributed by atoms with Crippen LogP contribution in [0.25, 0.3) is 11.9 Å². The highest BCUT2D eigenvalue weighted by Crippen LogP contribution is 2.46. The highest BCUT2D eigenvalue weighted by Gasteiger charge is 2.46. The minimum absolute atomic E-state index is 0.00719. The van der Waals surface area contributed by atoms with E-state index in [1.54, 1.807) is 44.6 Å². The molecule has 1 fully saturated rings. The molecule has 4 rings (SSSR count). The molecule has 3 aromatic rings. The van der Waals surface area contributed by atoms with E-state index >= 15 is 0 Å². The molecule has 1 saturated carbocycles. The largest absolute Gasteiger partial charge is 0.485 e. The van der Waals surface area contributed by atoms with E-state index in [1.165, 1.54) is 4.57 Å². The van der Waals surface area contributed by atoms with Gasteiger partial charge in [-0.25, -0.2) is 18.7 Å². The predicted molar refractivity (Wildman–Crippen MR) is 141 cm³/mol. The second kappa shape index (κ2) is 11.3. The number of aliphatic imine (C=N–C) groups is 1. The van der Waals surface area contributed by atoms with Crippen molar-refractivity contribution in [3.8, 4) is 5.75 Å². The number of aliphatic hydroxyl groups excluding tert-OH is 1. The van der Waals surface area contributed by atoms with Gasteiger partial charge in [-0.3, -0.25) is 19.3 Å². The van der Waals surface area contributed by atoms with Crippen molar-refractivity contribution in [3.05, 3.63) is 92.2 Å². The molecule has 11 heteroatoms. The SMILES string of the molecule is C\C=C(/N=C\C(C)=C\n1c(C)cc(OCc2ncc(F)cc2F)c(Cl)c1=O)c1ccnc(C2(CO)CC2)n1. The number of hydrogen-bond donors (Lipinski definition) is 1. The van der Waals surface area contributed by atoms with E-state index in [0.717, 1.165) is 19.0 Å². The van der Waals surface area contributed by atoms with Crippen molar-refractivity contribution in [2.24, 2.45) is 4.99 Å². The van der Waals surface area contributed by atoms with Crippen molar-refractivity contribution in [1.82, 2.24) is 19.5 Å². The van der Waals surface area contributed by atoms with Crippen molar-refractivity contribution < 1.29 is 18.6 Å². The van der Waals surface area contributed by atoms with Gasteiger partial charge < -0.3 is 9.84 Å². The van der Waals surface area contributed by atoms with E-state index < -0.39 is 17.2 Å². The number of allylic oxidation sites excluding steroid dienone is 2. The molecule has 0 radical (unpaired) electrons. The van der Waals surface area contributed by atoms with Gasteiger partial charge in [0.25, 0.3) is 5.56 Å². The molecule has 1 aliphatic carbocycles. The number of ether oxygens (including phenoxy) is 1. The molecular formula is C27H26ClF2N5O3. The summed E-state index contributed by atoms with van der Waals surface area (Å²) >= 11 is 6.25. The Morgan fingerprint density at radius 3 is 2.74 bits per heavy atom. The summed E-state index contributed by atoms with van der Waals surface area (Å²) in [6, 6.07) is 4.00. The summed E-state index contributed by atoms with van der Waals surface area (Å²) in [5.74, 6) is -0.993. The number of aliphatic hydroxyl groups is 1. The summed E-state index contributed by atoms with van der Waals surface area (Å²) in [7, 11) is 0. The highest BCUT2D eigenvalue weighted by atomic mass is 35.5. The Labute approximate surface area is 223 Å². The zero-order valence-electron chi connectivity index (χ0n) is 21.1. The standard InChI is InChI=1S/C27H26ClF2N5O3/c1-4-20(21-5-8-31-26(34-21)27(15-36)6-7-27)32-11-16(2)13-35-17(3)9-23(24(28)25(35)37)38-14-22-19(30)10-18(29)12-33-22/h4-5,8-13,36H,6-7,14-15H2,1-3H3/b16-13+,20-4-,32-11-. The Morgan fingerprint density at radius 1 is 1.32 bits per heavy atom. The average Bonchev–Trinajstić information content (AvgIpc) is 3.71. The monoisotopic (exact) mass is 541 g/mol. The van der Waals surface area contributed by atoms with E-state index in [2.05, 4.69) is 19.9 Å². The van der Waals surface area contributed by atoms with Crippen LogP contribution in [-0.4, -0.2) is 37.4 Å². The van der Waals surface area contributed by atoms with Crippen LogP contribution in [0.15, 0.2) is 52.0 Å². The third kappa shape index (κ3) is 5.87. The fourth-order valence-electron chi connectivity index (χ4n) is 3.71. The fourth-order valence-corrected chi connectivity index (χ4v) is 3.91. The lowest BCUT2D eigenvalue weighted by Gasteiger charge is -2.12. The Hall–Kier alpha value is -3.76. The van der Waals surface area contributed by atoms with Crippen molar-refractivity contribution >= 4 is 29.7 Å². The van der Waals surface area contributed by atoms with E-state index in [0.29, 0.717) is 34.5 Å². The second-order valence-electron chi connectivity index (χ2n) is 9.02. The molecule has 0 bridgehead atoms. The van der Waals surface area contributed by atoms with Crippen LogP contribution >= 0.6 is 11.6 Å². The van der Waals surface area contributed by atoms with Crippen LogP contribution in [0.4, 0.5) is 8.78 Å². The first-order valence-electron chi connectivity index (χ1n) is 11.9. The lowest BCUT2D eigenvalue weighted by atomic mass is 10.1. The molecule has 3 heterocycles. The topological polar surface area (TPSA) is 102 Å². The van der Waals surface area contributed by atoms with Crippen LogP contribution < -0.4 is 10.3 Å². The lowest BCUT2D eigenvalue weighted by molar-refractivity contribution is 0.249. The van der Waals surface area contributed by atoms with Crippen LogP contribution in [0.3, 0.4) is 0 Å². The quantitative estimate of drug-likeness (QED) is 0.388. The number of aromatic nitrogens is 4. The van der Waals surface area contributed by atoms with Gasteiger partial charge >= 0.3 is 0 Å². The van der Waals surface area contributed by atoms with Crippen molar-refractivity contribution in [1.29, 1.82) is 0 Å². The molecular weight excluding hydrogens is 516 g/mol. The molecule has 0 aliphatic heterocycles.